The van der Waals surface area contributed by atoms with Gasteiger partial charge in [0.25, 0.3) is 5.56 Å². The number of aromatic nitrogens is 3. The van der Waals surface area contributed by atoms with Crippen molar-refractivity contribution in [3.8, 4) is 6.07 Å². The summed E-state index contributed by atoms with van der Waals surface area (Å²) < 4.78 is 3.19. The first-order valence-electron chi connectivity index (χ1n) is 8.54. The van der Waals surface area contributed by atoms with Crippen LogP contribution in [0.3, 0.4) is 0 Å². The summed E-state index contributed by atoms with van der Waals surface area (Å²) in [5, 5.41) is 15.4. The van der Waals surface area contributed by atoms with Gasteiger partial charge in [-0.1, -0.05) is 6.07 Å². The Bertz CT molecular complexity index is 1110. The number of nitrogens with zero attached hydrogens (tertiary/aromatic N) is 4. The van der Waals surface area contributed by atoms with Crippen LogP contribution in [0.2, 0.25) is 0 Å². The van der Waals surface area contributed by atoms with Gasteiger partial charge in [0, 0.05) is 21.8 Å². The fourth-order valence-electron chi connectivity index (χ4n) is 3.12. The fraction of sp³-hybridized carbons (Fsp3) is 0.300. The number of carbonyl (C=O) groups is 1. The molecule has 6 nitrogen and oxygen atoms in total. The highest BCUT2D eigenvalue weighted by Crippen LogP contribution is 2.20. The summed E-state index contributed by atoms with van der Waals surface area (Å²) in [7, 11) is 0. The van der Waals surface area contributed by atoms with E-state index in [1.54, 1.807) is 25.2 Å². The van der Waals surface area contributed by atoms with Gasteiger partial charge in [-0.15, -0.1) is 11.3 Å². The summed E-state index contributed by atoms with van der Waals surface area (Å²) in [5.41, 5.74) is 3.07. The summed E-state index contributed by atoms with van der Waals surface area (Å²) in [6.07, 6.45) is 0. The van der Waals surface area contributed by atoms with E-state index in [2.05, 4.69) is 15.7 Å². The van der Waals surface area contributed by atoms with Gasteiger partial charge in [-0.3, -0.25) is 9.59 Å². The normalized spacial score (nSPS) is 10.8. The molecule has 3 aromatic heterocycles. The second-order valence-electron chi connectivity index (χ2n) is 6.53. The first-order valence-corrected chi connectivity index (χ1v) is 9.42. The zero-order valence-electron chi connectivity index (χ0n) is 15.7. The van der Waals surface area contributed by atoms with Gasteiger partial charge in [0.15, 0.2) is 5.78 Å². The van der Waals surface area contributed by atoms with Gasteiger partial charge in [-0.25, -0.2) is 4.68 Å². The molecule has 0 unspecified atom stereocenters. The molecule has 0 amide bonds. The molecule has 27 heavy (non-hydrogen) atoms. The smallest absolute Gasteiger partial charge is 0.285 e. The van der Waals surface area contributed by atoms with Crippen molar-refractivity contribution in [2.45, 2.75) is 40.8 Å². The van der Waals surface area contributed by atoms with Crippen molar-refractivity contribution in [2.24, 2.45) is 0 Å². The van der Waals surface area contributed by atoms with E-state index in [4.69, 9.17) is 0 Å². The number of Topliss-reactive ketones (excluding diaryl/α,β-unsaturated/α-hetero) is 1. The third-order valence-corrected chi connectivity index (χ3v) is 5.67. The van der Waals surface area contributed by atoms with E-state index >= 15 is 0 Å². The third kappa shape index (κ3) is 3.49. The Morgan fingerprint density at radius 2 is 2.04 bits per heavy atom. The SMILES string of the molecule is Cc1nn(CC(=O)c2cc(C)n(Cc3cccs3)c2C)c(=O)c(C#N)c1C. The molecule has 0 radical (unpaired) electrons. The molecule has 3 heterocycles. The Morgan fingerprint density at radius 3 is 2.67 bits per heavy atom. The lowest BCUT2D eigenvalue weighted by molar-refractivity contribution is 0.0964. The lowest BCUT2D eigenvalue weighted by atomic mass is 10.1. The molecule has 0 aliphatic rings. The maximum atomic E-state index is 12.9. The summed E-state index contributed by atoms with van der Waals surface area (Å²) >= 11 is 1.67. The Balaban J connectivity index is 1.93. The average molecular weight is 380 g/mol. The zero-order chi connectivity index (χ0) is 19.7. The maximum absolute atomic E-state index is 12.9. The van der Waals surface area contributed by atoms with Crippen LogP contribution in [0.4, 0.5) is 0 Å². The monoisotopic (exact) mass is 380 g/mol. The van der Waals surface area contributed by atoms with Crippen molar-refractivity contribution < 1.29 is 4.79 Å². The average Bonchev–Trinajstić information content (AvgIpc) is 3.24. The minimum atomic E-state index is -0.527. The summed E-state index contributed by atoms with van der Waals surface area (Å²) in [6, 6.07) is 7.84. The second kappa shape index (κ2) is 7.33. The molecule has 7 heteroatoms. The maximum Gasteiger partial charge on any atom is 0.285 e. The number of thiophene rings is 1. The van der Waals surface area contributed by atoms with Crippen LogP contribution in [-0.2, 0) is 13.1 Å². The molecule has 0 N–H and O–H groups in total. The molecule has 0 spiro atoms. The number of ketones is 1. The van der Waals surface area contributed by atoms with Gasteiger partial charge in [-0.05, 0) is 50.8 Å². The minimum absolute atomic E-state index is 0.0402. The predicted molar refractivity (Wildman–Crippen MR) is 104 cm³/mol. The van der Waals surface area contributed by atoms with E-state index in [1.807, 2.05) is 37.4 Å². The molecule has 0 bridgehead atoms. The van der Waals surface area contributed by atoms with Crippen molar-refractivity contribution in [3.63, 3.8) is 0 Å². The van der Waals surface area contributed by atoms with Crippen LogP contribution in [0.5, 0.6) is 0 Å². The predicted octanol–water partition coefficient (Wildman–Crippen LogP) is 3.14. The van der Waals surface area contributed by atoms with E-state index < -0.39 is 5.56 Å². The minimum Gasteiger partial charge on any atom is -0.343 e. The molecule has 0 saturated heterocycles. The molecule has 0 fully saturated rings. The molecule has 3 aromatic rings. The van der Waals surface area contributed by atoms with E-state index in [1.165, 1.54) is 4.88 Å². The van der Waals surface area contributed by atoms with E-state index in [0.29, 0.717) is 23.4 Å². The highest BCUT2D eigenvalue weighted by atomic mass is 32.1. The molecule has 0 saturated carbocycles. The standard InChI is InChI=1S/C20H20N4O2S/c1-12-8-17(15(4)23(12)10-16-6-5-7-27-16)19(25)11-24-20(26)18(9-21)13(2)14(3)22-24/h5-8H,10-11H2,1-4H3. The highest BCUT2D eigenvalue weighted by molar-refractivity contribution is 7.09. The van der Waals surface area contributed by atoms with Crippen LogP contribution in [0.1, 0.15) is 43.4 Å². The molecule has 0 aliphatic heterocycles. The van der Waals surface area contributed by atoms with Crippen LogP contribution in [-0.4, -0.2) is 20.1 Å². The lowest BCUT2D eigenvalue weighted by Crippen LogP contribution is -2.30. The number of rotatable bonds is 5. The Hall–Kier alpha value is -2.98. The quantitative estimate of drug-likeness (QED) is 0.637. The van der Waals surface area contributed by atoms with Crippen molar-refractivity contribution >= 4 is 17.1 Å². The third-order valence-electron chi connectivity index (χ3n) is 4.81. The number of hydrogen-bond acceptors (Lipinski definition) is 5. The molecule has 0 atom stereocenters. The number of aryl methyl sites for hydroxylation is 2. The van der Waals surface area contributed by atoms with Gasteiger partial charge in [0.1, 0.15) is 18.2 Å². The number of hydrogen-bond donors (Lipinski definition) is 0. The molecule has 3 rings (SSSR count). The van der Waals surface area contributed by atoms with Gasteiger partial charge in [-0.2, -0.15) is 10.4 Å². The van der Waals surface area contributed by atoms with Crippen LogP contribution in [0.25, 0.3) is 0 Å². The van der Waals surface area contributed by atoms with Crippen LogP contribution >= 0.6 is 11.3 Å². The van der Waals surface area contributed by atoms with Crippen molar-refractivity contribution in [1.29, 1.82) is 5.26 Å². The van der Waals surface area contributed by atoms with Gasteiger partial charge in [0.05, 0.1) is 12.2 Å². The van der Waals surface area contributed by atoms with E-state index in [-0.39, 0.29) is 17.9 Å². The topological polar surface area (TPSA) is 80.7 Å². The second-order valence-corrected chi connectivity index (χ2v) is 7.57. The Kier molecular flexibility index (Phi) is 5.10. The van der Waals surface area contributed by atoms with Crippen LogP contribution in [0.15, 0.2) is 28.4 Å². The molecule has 0 aliphatic carbocycles. The van der Waals surface area contributed by atoms with Gasteiger partial charge < -0.3 is 4.57 Å². The highest BCUT2D eigenvalue weighted by Gasteiger charge is 2.19. The van der Waals surface area contributed by atoms with Crippen molar-refractivity contribution in [3.05, 3.63) is 72.6 Å². The van der Waals surface area contributed by atoms with Gasteiger partial charge >= 0.3 is 0 Å². The number of carbonyl (C=O) groups excluding carboxylic acids is 1. The van der Waals surface area contributed by atoms with Crippen LogP contribution < -0.4 is 5.56 Å². The fourth-order valence-corrected chi connectivity index (χ4v) is 3.81. The largest absolute Gasteiger partial charge is 0.343 e. The summed E-state index contributed by atoms with van der Waals surface area (Å²) in [4.78, 5) is 26.5. The van der Waals surface area contributed by atoms with Crippen molar-refractivity contribution in [1.82, 2.24) is 14.3 Å². The first kappa shape index (κ1) is 18.8. The zero-order valence-corrected chi connectivity index (χ0v) is 16.6. The van der Waals surface area contributed by atoms with Crippen molar-refractivity contribution in [2.75, 3.05) is 0 Å². The van der Waals surface area contributed by atoms with Gasteiger partial charge in [0.2, 0.25) is 0 Å². The number of nitriles is 1. The summed E-state index contributed by atoms with van der Waals surface area (Å²) in [5.74, 6) is -0.192. The Labute approximate surface area is 161 Å². The lowest BCUT2D eigenvalue weighted by Gasteiger charge is -2.10. The summed E-state index contributed by atoms with van der Waals surface area (Å²) in [6.45, 7) is 7.81. The van der Waals surface area contributed by atoms with E-state index in [9.17, 15) is 14.9 Å². The molecule has 138 valence electrons. The molecule has 0 aromatic carbocycles. The first-order chi connectivity index (χ1) is 12.8. The van der Waals surface area contributed by atoms with E-state index in [0.717, 1.165) is 16.1 Å². The Morgan fingerprint density at radius 1 is 1.30 bits per heavy atom. The van der Waals surface area contributed by atoms with Crippen LogP contribution in [0, 0.1) is 39.0 Å². The molecular formula is C20H20N4O2S. The molecular weight excluding hydrogens is 360 g/mol.